The lowest BCUT2D eigenvalue weighted by atomic mass is 10.0. The number of carbonyl (C=O) groups excluding carboxylic acids is 1. The Labute approximate surface area is 142 Å². The van der Waals surface area contributed by atoms with Gasteiger partial charge >= 0.3 is 0 Å². The predicted octanol–water partition coefficient (Wildman–Crippen LogP) is 1.83. The van der Waals surface area contributed by atoms with E-state index in [9.17, 15) is 4.79 Å². The maximum Gasteiger partial charge on any atom is 0.223 e. The zero-order valence-electron chi connectivity index (χ0n) is 14.5. The molecule has 1 amide bonds. The molecule has 2 heterocycles. The van der Waals surface area contributed by atoms with Gasteiger partial charge in [0.15, 0.2) is 0 Å². The minimum Gasteiger partial charge on any atom is -0.382 e. The van der Waals surface area contributed by atoms with Gasteiger partial charge in [0.1, 0.15) is 11.7 Å². The average molecular weight is 328 g/mol. The first kappa shape index (κ1) is 16.6. The normalized spacial score (nSPS) is 17.0. The predicted molar refractivity (Wildman–Crippen MR) is 90.5 cm³/mol. The van der Waals surface area contributed by atoms with Gasteiger partial charge in [-0.05, 0) is 24.5 Å². The summed E-state index contributed by atoms with van der Waals surface area (Å²) >= 11 is 0. The minimum atomic E-state index is -0.142. The largest absolute Gasteiger partial charge is 0.382 e. The molecule has 0 saturated heterocycles. The van der Waals surface area contributed by atoms with E-state index in [1.807, 2.05) is 24.1 Å². The van der Waals surface area contributed by atoms with Crippen molar-refractivity contribution in [1.82, 2.24) is 19.9 Å². The second-order valence-corrected chi connectivity index (χ2v) is 6.28. The third-order valence-electron chi connectivity index (χ3n) is 4.77. The third-order valence-corrected chi connectivity index (χ3v) is 4.77. The van der Waals surface area contributed by atoms with Crippen LogP contribution in [0.3, 0.4) is 0 Å². The summed E-state index contributed by atoms with van der Waals surface area (Å²) in [4.78, 5) is 14.7. The molecule has 24 heavy (non-hydrogen) atoms. The van der Waals surface area contributed by atoms with Gasteiger partial charge in [-0.25, -0.2) is 0 Å². The number of hydrogen-bond donors (Lipinski definition) is 0. The highest BCUT2D eigenvalue weighted by molar-refractivity contribution is 5.77. The Bertz CT molecular complexity index is 726. The molecule has 1 atom stereocenters. The monoisotopic (exact) mass is 328 g/mol. The van der Waals surface area contributed by atoms with Crippen LogP contribution in [0.4, 0.5) is 0 Å². The zero-order valence-corrected chi connectivity index (χ0v) is 14.5. The van der Waals surface area contributed by atoms with E-state index in [1.165, 1.54) is 11.1 Å². The Morgan fingerprint density at radius 1 is 1.38 bits per heavy atom. The average Bonchev–Trinajstić information content (AvgIpc) is 2.96. The standard InChI is InChI=1S/C18H24N4O2/c1-13-6-4-5-7-14(13)8-9-17(23)22-11-10-15-18(16(22)12-24-3)19-20-21(15)2/h4-7,16H,8-12H2,1-3H3/t16-/m1/s1. The summed E-state index contributed by atoms with van der Waals surface area (Å²) in [6, 6.07) is 8.08. The number of rotatable bonds is 5. The quantitative estimate of drug-likeness (QED) is 0.840. The van der Waals surface area contributed by atoms with Gasteiger partial charge in [-0.3, -0.25) is 9.48 Å². The Morgan fingerprint density at radius 3 is 2.92 bits per heavy atom. The number of hydrogen-bond acceptors (Lipinski definition) is 4. The van der Waals surface area contributed by atoms with Gasteiger partial charge in [0.2, 0.25) is 5.91 Å². The molecule has 6 heteroatoms. The topological polar surface area (TPSA) is 60.3 Å². The van der Waals surface area contributed by atoms with Crippen LogP contribution in [0.2, 0.25) is 0 Å². The van der Waals surface area contributed by atoms with Gasteiger partial charge in [0, 0.05) is 33.5 Å². The molecule has 6 nitrogen and oxygen atoms in total. The molecular weight excluding hydrogens is 304 g/mol. The van der Waals surface area contributed by atoms with Crippen LogP contribution in [-0.2, 0) is 29.4 Å². The number of amides is 1. The smallest absolute Gasteiger partial charge is 0.223 e. The van der Waals surface area contributed by atoms with E-state index in [1.54, 1.807) is 11.8 Å². The molecule has 3 rings (SSSR count). The molecule has 2 aromatic rings. The SMILES string of the molecule is COC[C@@H]1c2nnn(C)c2CCN1C(=O)CCc1ccccc1C. The number of carbonyl (C=O) groups is 1. The van der Waals surface area contributed by atoms with Gasteiger partial charge in [-0.2, -0.15) is 0 Å². The lowest BCUT2D eigenvalue weighted by molar-refractivity contribution is -0.135. The molecule has 0 spiro atoms. The second-order valence-electron chi connectivity index (χ2n) is 6.28. The molecule has 0 bridgehead atoms. The number of aromatic nitrogens is 3. The molecular formula is C18H24N4O2. The van der Waals surface area contributed by atoms with Gasteiger partial charge < -0.3 is 9.64 Å². The van der Waals surface area contributed by atoms with Crippen LogP contribution in [0.5, 0.6) is 0 Å². The Morgan fingerprint density at radius 2 is 2.17 bits per heavy atom. The van der Waals surface area contributed by atoms with Crippen LogP contribution < -0.4 is 0 Å². The first-order valence-corrected chi connectivity index (χ1v) is 8.33. The van der Waals surface area contributed by atoms with Crippen molar-refractivity contribution in [2.24, 2.45) is 7.05 Å². The number of methoxy groups -OCH3 is 1. The highest BCUT2D eigenvalue weighted by atomic mass is 16.5. The fourth-order valence-corrected chi connectivity index (χ4v) is 3.37. The molecule has 1 aliphatic rings. The molecule has 1 aliphatic heterocycles. The lowest BCUT2D eigenvalue weighted by Gasteiger charge is -2.34. The summed E-state index contributed by atoms with van der Waals surface area (Å²) in [6.45, 7) is 3.22. The van der Waals surface area contributed by atoms with Crippen molar-refractivity contribution in [2.75, 3.05) is 20.3 Å². The second kappa shape index (κ2) is 7.13. The molecule has 0 unspecified atom stereocenters. The number of ether oxygens (including phenoxy) is 1. The summed E-state index contributed by atoms with van der Waals surface area (Å²) in [7, 11) is 3.55. The van der Waals surface area contributed by atoms with Crippen LogP contribution in [0.1, 0.15) is 35.0 Å². The highest BCUT2D eigenvalue weighted by Gasteiger charge is 2.34. The van der Waals surface area contributed by atoms with E-state index >= 15 is 0 Å². The Hall–Kier alpha value is -2.21. The zero-order chi connectivity index (χ0) is 17.1. The van der Waals surface area contributed by atoms with Gasteiger partial charge in [-0.1, -0.05) is 29.5 Å². The maximum absolute atomic E-state index is 12.8. The maximum atomic E-state index is 12.8. The minimum absolute atomic E-state index is 0.142. The van der Waals surface area contributed by atoms with E-state index in [4.69, 9.17) is 4.74 Å². The van der Waals surface area contributed by atoms with Crippen LogP contribution in [0.15, 0.2) is 24.3 Å². The molecule has 128 valence electrons. The molecule has 0 N–H and O–H groups in total. The van der Waals surface area contributed by atoms with Crippen molar-refractivity contribution < 1.29 is 9.53 Å². The highest BCUT2D eigenvalue weighted by Crippen LogP contribution is 2.28. The van der Waals surface area contributed by atoms with Crippen molar-refractivity contribution >= 4 is 5.91 Å². The fraction of sp³-hybridized carbons (Fsp3) is 0.500. The van der Waals surface area contributed by atoms with E-state index in [0.29, 0.717) is 19.6 Å². The summed E-state index contributed by atoms with van der Waals surface area (Å²) in [5.41, 5.74) is 4.43. The van der Waals surface area contributed by atoms with E-state index in [2.05, 4.69) is 29.4 Å². The molecule has 1 aromatic carbocycles. The first-order valence-electron chi connectivity index (χ1n) is 8.33. The van der Waals surface area contributed by atoms with Crippen molar-refractivity contribution in [2.45, 2.75) is 32.2 Å². The number of nitrogens with zero attached hydrogens (tertiary/aromatic N) is 4. The van der Waals surface area contributed by atoms with Crippen LogP contribution >= 0.6 is 0 Å². The van der Waals surface area contributed by atoms with E-state index in [-0.39, 0.29) is 11.9 Å². The van der Waals surface area contributed by atoms with Crippen LogP contribution in [-0.4, -0.2) is 46.1 Å². The summed E-state index contributed by atoms with van der Waals surface area (Å²) in [5.74, 6) is 0.150. The molecule has 0 radical (unpaired) electrons. The summed E-state index contributed by atoms with van der Waals surface area (Å²) in [6.07, 6.45) is 2.05. The molecule has 1 aromatic heterocycles. The van der Waals surface area contributed by atoms with Crippen molar-refractivity contribution in [1.29, 1.82) is 0 Å². The van der Waals surface area contributed by atoms with Gasteiger partial charge in [0.25, 0.3) is 0 Å². The Balaban J connectivity index is 1.73. The molecule has 0 saturated carbocycles. The van der Waals surface area contributed by atoms with E-state index < -0.39 is 0 Å². The van der Waals surface area contributed by atoms with Crippen molar-refractivity contribution in [3.63, 3.8) is 0 Å². The van der Waals surface area contributed by atoms with Crippen LogP contribution in [0.25, 0.3) is 0 Å². The van der Waals surface area contributed by atoms with Crippen molar-refractivity contribution in [3.8, 4) is 0 Å². The van der Waals surface area contributed by atoms with Gasteiger partial charge in [-0.15, -0.1) is 5.10 Å². The third kappa shape index (κ3) is 3.19. The van der Waals surface area contributed by atoms with Gasteiger partial charge in [0.05, 0.1) is 12.3 Å². The van der Waals surface area contributed by atoms with E-state index in [0.717, 1.165) is 24.2 Å². The van der Waals surface area contributed by atoms with Crippen LogP contribution in [0, 0.1) is 6.92 Å². The molecule has 0 fully saturated rings. The first-order chi connectivity index (χ1) is 11.6. The summed E-state index contributed by atoms with van der Waals surface area (Å²) < 4.78 is 7.14. The molecule has 0 aliphatic carbocycles. The van der Waals surface area contributed by atoms with Crippen molar-refractivity contribution in [3.05, 3.63) is 46.8 Å². The summed E-state index contributed by atoms with van der Waals surface area (Å²) in [5, 5.41) is 8.36. The number of aryl methyl sites for hydroxylation is 3. The lowest BCUT2D eigenvalue weighted by Crippen LogP contribution is -2.42. The fourth-order valence-electron chi connectivity index (χ4n) is 3.37. The Kier molecular flexibility index (Phi) is 4.94. The number of fused-ring (bicyclic) bond motifs is 1. The number of benzene rings is 1.